The molecule has 4 aliphatic rings. The molecule has 2 unspecified atom stereocenters. The molecule has 1 N–H and O–H groups in total. The molecule has 0 amide bonds. The van der Waals surface area contributed by atoms with Gasteiger partial charge in [-0.1, -0.05) is 18.1 Å². The lowest BCUT2D eigenvalue weighted by molar-refractivity contribution is 0.107. The zero-order valence-electron chi connectivity index (χ0n) is 23.6. The van der Waals surface area contributed by atoms with E-state index in [-0.39, 0.29) is 35.1 Å². The molecule has 8 rings (SSSR count). The van der Waals surface area contributed by atoms with Gasteiger partial charge < -0.3 is 14.7 Å². The fourth-order valence-corrected chi connectivity index (χ4v) is 9.29. The molecule has 0 radical (unpaired) electrons. The molecule has 4 aliphatic heterocycles. The second-order valence-corrected chi connectivity index (χ2v) is 13.9. The lowest BCUT2D eigenvalue weighted by Gasteiger charge is -2.33. The van der Waals surface area contributed by atoms with E-state index < -0.39 is 12.0 Å². The highest BCUT2D eigenvalue weighted by molar-refractivity contribution is 8.00. The van der Waals surface area contributed by atoms with Crippen LogP contribution < -0.4 is 9.64 Å². The van der Waals surface area contributed by atoms with Gasteiger partial charge in [0.05, 0.1) is 10.9 Å². The molecule has 0 saturated carbocycles. The number of anilines is 1. The van der Waals surface area contributed by atoms with Crippen molar-refractivity contribution in [3.63, 3.8) is 0 Å². The van der Waals surface area contributed by atoms with Gasteiger partial charge in [0.2, 0.25) is 0 Å². The number of hydrogen-bond acceptors (Lipinski definition) is 8. The third-order valence-corrected chi connectivity index (χ3v) is 11.1. The maximum atomic E-state index is 16.7. The van der Waals surface area contributed by atoms with E-state index in [2.05, 4.69) is 25.7 Å². The molecule has 2 bridgehead atoms. The van der Waals surface area contributed by atoms with Crippen LogP contribution in [-0.4, -0.2) is 80.0 Å². The van der Waals surface area contributed by atoms with E-state index in [4.69, 9.17) is 16.1 Å². The first-order chi connectivity index (χ1) is 20.9. The number of phenolic OH excluding ortho intramolecular Hbond substituents is 1. The van der Waals surface area contributed by atoms with Gasteiger partial charge in [-0.3, -0.25) is 9.88 Å². The Balaban J connectivity index is 1.27. The minimum Gasteiger partial charge on any atom is -0.508 e. The Labute approximate surface area is 252 Å². The van der Waals surface area contributed by atoms with Gasteiger partial charge in [0.1, 0.15) is 35.6 Å². The van der Waals surface area contributed by atoms with Crippen LogP contribution in [0.25, 0.3) is 32.9 Å². The number of phenols is 1. The summed E-state index contributed by atoms with van der Waals surface area (Å²) >= 11 is 2.02. The highest BCUT2D eigenvalue weighted by atomic mass is 32.2. The average Bonchev–Trinajstić information content (AvgIpc) is 3.65. The Morgan fingerprint density at radius 3 is 2.81 bits per heavy atom. The Bertz CT molecular complexity index is 1800. The number of hydrogen-bond donors (Lipinski definition) is 1. The maximum absolute atomic E-state index is 16.7. The summed E-state index contributed by atoms with van der Waals surface area (Å²) in [4.78, 5) is 18.4. The lowest BCUT2D eigenvalue weighted by atomic mass is 9.95. The van der Waals surface area contributed by atoms with Crippen LogP contribution in [0.3, 0.4) is 0 Å². The fourth-order valence-electron chi connectivity index (χ4n) is 7.67. The SMILES string of the molecule is C#Cc1cccc2cc(O)cc(-c3ncc4c(N5CC6CCC(C5)S6)nc(OC[C@@]56CCCN5C[C@H](F)C6)nc4c3F)c12. The van der Waals surface area contributed by atoms with Gasteiger partial charge in [0.25, 0.3) is 0 Å². The van der Waals surface area contributed by atoms with Gasteiger partial charge in [-0.25, -0.2) is 8.78 Å². The zero-order valence-corrected chi connectivity index (χ0v) is 24.4. The molecule has 0 aliphatic carbocycles. The first kappa shape index (κ1) is 26.9. The Morgan fingerprint density at radius 2 is 2.00 bits per heavy atom. The number of alkyl halides is 1. The van der Waals surface area contributed by atoms with Crippen LogP contribution in [-0.2, 0) is 0 Å². The predicted molar refractivity (Wildman–Crippen MR) is 165 cm³/mol. The molecule has 4 saturated heterocycles. The largest absolute Gasteiger partial charge is 0.508 e. The van der Waals surface area contributed by atoms with Crippen LogP contribution in [0, 0.1) is 18.2 Å². The molecular formula is C33H31F2N5O2S. The zero-order chi connectivity index (χ0) is 29.3. The van der Waals surface area contributed by atoms with Crippen molar-refractivity contribution in [1.29, 1.82) is 0 Å². The predicted octanol–water partition coefficient (Wildman–Crippen LogP) is 5.71. The van der Waals surface area contributed by atoms with Crippen molar-refractivity contribution in [3.05, 3.63) is 47.9 Å². The average molecular weight is 600 g/mol. The highest BCUT2D eigenvalue weighted by Gasteiger charge is 2.49. The fraction of sp³-hybridized carbons (Fsp3) is 0.424. The molecular weight excluding hydrogens is 568 g/mol. The summed E-state index contributed by atoms with van der Waals surface area (Å²) in [5, 5.41) is 13.3. The standard InChI is InChI=1S/C33H31F2N5O2S/c1-2-19-5-3-6-20-11-22(41)12-25(27(19)20)29-28(35)30-26(14-36-29)31(39-16-23-7-8-24(17-39)43-23)38-32(37-30)42-18-33-9-4-10-40(33)15-21(34)13-33/h1,3,5-6,11-12,14,21,23-24,41H,4,7-10,13,15-18H2/t21-,23?,24?,33+/m1/s1. The van der Waals surface area contributed by atoms with Crippen molar-refractivity contribution >= 4 is 39.3 Å². The monoisotopic (exact) mass is 599 g/mol. The molecule has 0 spiro atoms. The van der Waals surface area contributed by atoms with E-state index in [0.717, 1.165) is 45.3 Å². The Morgan fingerprint density at radius 1 is 1.16 bits per heavy atom. The molecule has 220 valence electrons. The van der Waals surface area contributed by atoms with Crippen molar-refractivity contribution < 1.29 is 18.6 Å². The summed E-state index contributed by atoms with van der Waals surface area (Å²) in [5.74, 6) is 2.63. The minimum atomic E-state index is -0.880. The molecule has 10 heteroatoms. The molecule has 2 aromatic carbocycles. The van der Waals surface area contributed by atoms with Crippen molar-refractivity contribution in [2.24, 2.45) is 0 Å². The first-order valence-electron chi connectivity index (χ1n) is 14.9. The van der Waals surface area contributed by atoms with Gasteiger partial charge in [0, 0.05) is 59.3 Å². The number of terminal acetylenes is 1. The van der Waals surface area contributed by atoms with Crippen molar-refractivity contribution in [3.8, 4) is 35.4 Å². The van der Waals surface area contributed by atoms with E-state index in [1.165, 1.54) is 6.07 Å². The summed E-state index contributed by atoms with van der Waals surface area (Å²) in [6.45, 7) is 3.13. The molecule has 43 heavy (non-hydrogen) atoms. The van der Waals surface area contributed by atoms with Crippen LogP contribution in [0.5, 0.6) is 11.8 Å². The molecule has 4 aromatic rings. The molecule has 7 nitrogen and oxygen atoms in total. The lowest BCUT2D eigenvalue weighted by Crippen LogP contribution is -2.43. The number of aromatic hydroxyl groups is 1. The van der Waals surface area contributed by atoms with E-state index in [1.54, 1.807) is 24.4 Å². The topological polar surface area (TPSA) is 74.6 Å². The normalized spacial score (nSPS) is 26.7. The summed E-state index contributed by atoms with van der Waals surface area (Å²) < 4.78 is 37.4. The number of thioether (sulfide) groups is 1. The highest BCUT2D eigenvalue weighted by Crippen LogP contribution is 2.44. The maximum Gasteiger partial charge on any atom is 0.319 e. The first-order valence-corrected chi connectivity index (χ1v) is 15.9. The summed E-state index contributed by atoms with van der Waals surface area (Å²) in [7, 11) is 0. The minimum absolute atomic E-state index is 0.0187. The molecule has 4 fully saturated rings. The number of halogens is 2. The van der Waals surface area contributed by atoms with Crippen LogP contribution in [0.15, 0.2) is 36.5 Å². The van der Waals surface area contributed by atoms with Gasteiger partial charge >= 0.3 is 6.01 Å². The van der Waals surface area contributed by atoms with Crippen LogP contribution in [0.2, 0.25) is 0 Å². The van der Waals surface area contributed by atoms with Crippen LogP contribution in [0.4, 0.5) is 14.6 Å². The Kier molecular flexibility index (Phi) is 6.39. The third-order valence-electron chi connectivity index (χ3n) is 9.59. The number of rotatable bonds is 5. The third kappa shape index (κ3) is 4.47. The Hall–Kier alpha value is -3.68. The van der Waals surface area contributed by atoms with Crippen LogP contribution in [0.1, 0.15) is 37.7 Å². The number of nitrogens with zero attached hydrogens (tertiary/aromatic N) is 5. The van der Waals surface area contributed by atoms with Crippen molar-refractivity contribution in [2.75, 3.05) is 37.7 Å². The van der Waals surface area contributed by atoms with Gasteiger partial charge in [-0.05, 0) is 55.8 Å². The molecule has 6 heterocycles. The second kappa shape index (κ2) is 10.2. The van der Waals surface area contributed by atoms with Gasteiger partial charge in [0.15, 0.2) is 5.82 Å². The van der Waals surface area contributed by atoms with Crippen LogP contribution >= 0.6 is 11.8 Å². The van der Waals surface area contributed by atoms with Crippen molar-refractivity contribution in [2.45, 2.75) is 54.3 Å². The summed E-state index contributed by atoms with van der Waals surface area (Å²) in [6, 6.07) is 8.58. The van der Waals surface area contributed by atoms with Crippen molar-refractivity contribution in [1.82, 2.24) is 19.9 Å². The van der Waals surface area contributed by atoms with Gasteiger partial charge in [-0.15, -0.1) is 6.42 Å². The quantitative estimate of drug-likeness (QED) is 0.293. The number of benzene rings is 2. The second-order valence-electron chi connectivity index (χ2n) is 12.3. The number of aromatic nitrogens is 3. The van der Waals surface area contributed by atoms with E-state index in [0.29, 0.717) is 56.6 Å². The molecule has 2 aromatic heterocycles. The molecule has 4 atom stereocenters. The summed E-state index contributed by atoms with van der Waals surface area (Å²) in [5.41, 5.74) is 0.717. The van der Waals surface area contributed by atoms with Gasteiger partial charge in [-0.2, -0.15) is 21.7 Å². The smallest absolute Gasteiger partial charge is 0.319 e. The van der Waals surface area contributed by atoms with E-state index in [1.807, 2.05) is 17.8 Å². The summed E-state index contributed by atoms with van der Waals surface area (Å²) in [6.07, 6.45) is 11.1. The number of fused-ring (bicyclic) bond motifs is 5. The van der Waals surface area contributed by atoms with E-state index in [9.17, 15) is 9.50 Å². The number of pyridine rings is 1. The number of ether oxygens (including phenoxy) is 1. The van der Waals surface area contributed by atoms with E-state index >= 15 is 4.39 Å².